The molecule has 2 N–H and O–H groups in total. The van der Waals surface area contributed by atoms with Crippen LogP contribution in [0.3, 0.4) is 0 Å². The number of carbonyl (C=O) groups excluding carboxylic acids is 1. The zero-order chi connectivity index (χ0) is 12.1. The molecule has 0 unspecified atom stereocenters. The molecule has 88 valence electrons. The van der Waals surface area contributed by atoms with Crippen molar-refractivity contribution in [3.8, 4) is 0 Å². The fourth-order valence-corrected chi connectivity index (χ4v) is 2.29. The Labute approximate surface area is 95.4 Å². The molecule has 0 bridgehead atoms. The van der Waals surface area contributed by atoms with E-state index < -0.39 is 0 Å². The van der Waals surface area contributed by atoms with Gasteiger partial charge >= 0.3 is 5.97 Å². The van der Waals surface area contributed by atoms with Gasteiger partial charge in [0.15, 0.2) is 0 Å². The van der Waals surface area contributed by atoms with E-state index in [1.54, 1.807) is 0 Å². The molecule has 2 rings (SSSR count). The number of esters is 1. The van der Waals surface area contributed by atoms with Crippen molar-refractivity contribution >= 4 is 5.97 Å². The molecular formula is C12H18N2O2. The number of nitrogens with two attached hydrogens (primary N) is 1. The number of ether oxygens (including phenoxy) is 1. The first-order chi connectivity index (χ1) is 7.42. The van der Waals surface area contributed by atoms with E-state index in [1.807, 2.05) is 25.5 Å². The highest BCUT2D eigenvalue weighted by atomic mass is 16.5. The summed E-state index contributed by atoms with van der Waals surface area (Å²) in [5.74, 6) is -0.284. The summed E-state index contributed by atoms with van der Waals surface area (Å²) in [7, 11) is 3.36. The van der Waals surface area contributed by atoms with Crippen LogP contribution < -0.4 is 5.73 Å². The molecule has 1 aliphatic carbocycles. The summed E-state index contributed by atoms with van der Waals surface area (Å²) in [5.41, 5.74) is 9.54. The van der Waals surface area contributed by atoms with Crippen LogP contribution in [0.1, 0.15) is 40.2 Å². The number of rotatable bonds is 2. The summed E-state index contributed by atoms with van der Waals surface area (Å²) in [6.07, 6.45) is 1.89. The molecule has 1 aromatic rings. The van der Waals surface area contributed by atoms with Gasteiger partial charge in [-0.25, -0.2) is 4.79 Å². The highest BCUT2D eigenvalue weighted by molar-refractivity contribution is 5.93. The molecule has 1 heterocycles. The van der Waals surface area contributed by atoms with Gasteiger partial charge in [0.25, 0.3) is 0 Å². The van der Waals surface area contributed by atoms with Crippen molar-refractivity contribution in [2.75, 3.05) is 7.11 Å². The number of nitrogens with zero attached hydrogens (tertiary/aromatic N) is 1. The van der Waals surface area contributed by atoms with Crippen LogP contribution in [-0.2, 0) is 17.3 Å². The van der Waals surface area contributed by atoms with Crippen molar-refractivity contribution in [3.63, 3.8) is 0 Å². The minimum Gasteiger partial charge on any atom is -0.465 e. The van der Waals surface area contributed by atoms with Gasteiger partial charge in [0.1, 0.15) is 0 Å². The van der Waals surface area contributed by atoms with Gasteiger partial charge in [-0.05, 0) is 26.7 Å². The Morgan fingerprint density at radius 2 is 1.94 bits per heavy atom. The predicted octanol–water partition coefficient (Wildman–Crippen LogP) is 1.38. The van der Waals surface area contributed by atoms with Crippen LogP contribution in [0.25, 0.3) is 0 Å². The normalized spacial score (nSPS) is 17.3. The molecule has 4 heteroatoms. The van der Waals surface area contributed by atoms with Crippen LogP contribution in [0.2, 0.25) is 0 Å². The van der Waals surface area contributed by atoms with Crippen LogP contribution in [-0.4, -0.2) is 17.6 Å². The minimum absolute atomic E-state index is 0.284. The first-order valence-corrected chi connectivity index (χ1v) is 5.46. The molecule has 1 aliphatic rings. The minimum atomic E-state index is -0.306. The van der Waals surface area contributed by atoms with Crippen molar-refractivity contribution in [2.24, 2.45) is 12.8 Å². The molecule has 4 nitrogen and oxygen atoms in total. The SMILES string of the molecule is COC(=O)c1c(C2(N)CC2)c(C)n(C)c1C. The molecule has 0 spiro atoms. The van der Waals surface area contributed by atoms with Gasteiger partial charge in [-0.1, -0.05) is 0 Å². The zero-order valence-corrected chi connectivity index (χ0v) is 10.3. The lowest BCUT2D eigenvalue weighted by atomic mass is 10.00. The fraction of sp³-hybridized carbons (Fsp3) is 0.583. The number of carbonyl (C=O) groups is 1. The Morgan fingerprint density at radius 3 is 2.38 bits per heavy atom. The Kier molecular flexibility index (Phi) is 2.35. The summed E-state index contributed by atoms with van der Waals surface area (Å²) in [6.45, 7) is 3.93. The van der Waals surface area contributed by atoms with E-state index in [0.29, 0.717) is 5.56 Å². The average Bonchev–Trinajstić information content (AvgIpc) is 2.95. The number of hydrogen-bond acceptors (Lipinski definition) is 3. The first kappa shape index (κ1) is 11.2. The second kappa shape index (κ2) is 3.35. The molecular weight excluding hydrogens is 204 g/mol. The molecule has 0 amide bonds. The molecule has 0 radical (unpaired) electrons. The average molecular weight is 222 g/mol. The maximum absolute atomic E-state index is 11.8. The Morgan fingerprint density at radius 1 is 1.38 bits per heavy atom. The van der Waals surface area contributed by atoms with Crippen molar-refractivity contribution < 1.29 is 9.53 Å². The van der Waals surface area contributed by atoms with Gasteiger partial charge in [-0.15, -0.1) is 0 Å². The van der Waals surface area contributed by atoms with E-state index in [0.717, 1.165) is 29.8 Å². The maximum Gasteiger partial charge on any atom is 0.340 e. The Balaban J connectivity index is 2.66. The number of methoxy groups -OCH3 is 1. The van der Waals surface area contributed by atoms with E-state index >= 15 is 0 Å². The lowest BCUT2D eigenvalue weighted by Crippen LogP contribution is -2.22. The molecule has 1 fully saturated rings. The number of hydrogen-bond donors (Lipinski definition) is 1. The van der Waals surface area contributed by atoms with Gasteiger partial charge in [0, 0.05) is 29.5 Å². The quantitative estimate of drug-likeness (QED) is 0.769. The largest absolute Gasteiger partial charge is 0.465 e. The molecule has 0 atom stereocenters. The number of aromatic nitrogens is 1. The van der Waals surface area contributed by atoms with Gasteiger partial charge < -0.3 is 15.0 Å². The van der Waals surface area contributed by atoms with Gasteiger partial charge in [-0.2, -0.15) is 0 Å². The molecule has 1 aromatic heterocycles. The summed E-state index contributed by atoms with van der Waals surface area (Å²) in [5, 5.41) is 0. The summed E-state index contributed by atoms with van der Waals surface area (Å²) >= 11 is 0. The van der Waals surface area contributed by atoms with Crippen molar-refractivity contribution in [1.82, 2.24) is 4.57 Å². The van der Waals surface area contributed by atoms with Gasteiger partial charge in [0.05, 0.1) is 12.7 Å². The lowest BCUT2D eigenvalue weighted by molar-refractivity contribution is 0.0597. The monoisotopic (exact) mass is 222 g/mol. The van der Waals surface area contributed by atoms with E-state index in [4.69, 9.17) is 10.5 Å². The third-order valence-corrected chi connectivity index (χ3v) is 3.66. The highest BCUT2D eigenvalue weighted by Gasteiger charge is 2.45. The van der Waals surface area contributed by atoms with E-state index in [2.05, 4.69) is 0 Å². The Hall–Kier alpha value is -1.29. The molecule has 0 aromatic carbocycles. The van der Waals surface area contributed by atoms with E-state index in [1.165, 1.54) is 7.11 Å². The van der Waals surface area contributed by atoms with Crippen LogP contribution >= 0.6 is 0 Å². The first-order valence-electron chi connectivity index (χ1n) is 5.46. The topological polar surface area (TPSA) is 57.2 Å². The second-order valence-electron chi connectivity index (χ2n) is 4.63. The maximum atomic E-state index is 11.8. The predicted molar refractivity (Wildman–Crippen MR) is 61.3 cm³/mol. The third kappa shape index (κ3) is 1.37. The van der Waals surface area contributed by atoms with E-state index in [9.17, 15) is 4.79 Å². The summed E-state index contributed by atoms with van der Waals surface area (Å²) < 4.78 is 6.85. The second-order valence-corrected chi connectivity index (χ2v) is 4.63. The van der Waals surface area contributed by atoms with Crippen molar-refractivity contribution in [3.05, 3.63) is 22.5 Å². The fourth-order valence-electron chi connectivity index (χ4n) is 2.29. The molecule has 0 aliphatic heterocycles. The smallest absolute Gasteiger partial charge is 0.340 e. The zero-order valence-electron chi connectivity index (χ0n) is 10.3. The lowest BCUT2D eigenvalue weighted by Gasteiger charge is -2.11. The third-order valence-electron chi connectivity index (χ3n) is 3.66. The van der Waals surface area contributed by atoms with Gasteiger partial charge in [0.2, 0.25) is 0 Å². The van der Waals surface area contributed by atoms with Crippen molar-refractivity contribution in [2.45, 2.75) is 32.2 Å². The molecule has 1 saturated carbocycles. The molecule has 16 heavy (non-hydrogen) atoms. The standard InChI is InChI=1S/C12H18N2O2/c1-7-9(11(15)16-4)10(8(2)14(7)3)12(13)5-6-12/h5-6,13H2,1-4H3. The van der Waals surface area contributed by atoms with Crippen LogP contribution in [0, 0.1) is 13.8 Å². The summed E-state index contributed by atoms with van der Waals surface area (Å²) in [6, 6.07) is 0. The van der Waals surface area contributed by atoms with Crippen LogP contribution in [0.15, 0.2) is 0 Å². The van der Waals surface area contributed by atoms with Crippen LogP contribution in [0.4, 0.5) is 0 Å². The molecule has 0 saturated heterocycles. The van der Waals surface area contributed by atoms with E-state index in [-0.39, 0.29) is 11.5 Å². The van der Waals surface area contributed by atoms with Gasteiger partial charge in [-0.3, -0.25) is 0 Å². The van der Waals surface area contributed by atoms with Crippen molar-refractivity contribution in [1.29, 1.82) is 0 Å². The summed E-state index contributed by atoms with van der Waals surface area (Å²) in [4.78, 5) is 11.8. The van der Waals surface area contributed by atoms with Crippen LogP contribution in [0.5, 0.6) is 0 Å². The Bertz CT molecular complexity index is 456. The highest BCUT2D eigenvalue weighted by Crippen LogP contribution is 2.46.